The van der Waals surface area contributed by atoms with E-state index in [4.69, 9.17) is 10.1 Å². The van der Waals surface area contributed by atoms with Crippen LogP contribution in [0.1, 0.15) is 23.1 Å². The first kappa shape index (κ1) is 13.4. The zero-order valence-electron chi connectivity index (χ0n) is 11.2. The van der Waals surface area contributed by atoms with Crippen molar-refractivity contribution in [1.29, 1.82) is 0 Å². The standard InChI is InChI=1S/C17H17NOS/c19-11-5-10-18-17-14-7-2-1-6-13(14)12-20-16-9-4-3-8-15(16)17/h1-4,6-9,19H,5,10-12H2. The highest BCUT2D eigenvalue weighted by atomic mass is 32.2. The monoisotopic (exact) mass is 283 g/mol. The highest BCUT2D eigenvalue weighted by molar-refractivity contribution is 7.98. The topological polar surface area (TPSA) is 32.6 Å². The van der Waals surface area contributed by atoms with Crippen LogP contribution in [0.5, 0.6) is 0 Å². The first-order valence-corrected chi connectivity index (χ1v) is 7.84. The normalized spacial score (nSPS) is 15.6. The average molecular weight is 283 g/mol. The molecule has 0 atom stereocenters. The third-order valence-electron chi connectivity index (χ3n) is 3.38. The van der Waals surface area contributed by atoms with Crippen LogP contribution < -0.4 is 0 Å². The molecule has 0 radical (unpaired) electrons. The second-order valence-corrected chi connectivity index (χ2v) is 5.77. The molecule has 0 aliphatic carbocycles. The lowest BCUT2D eigenvalue weighted by atomic mass is 9.98. The summed E-state index contributed by atoms with van der Waals surface area (Å²) in [5.41, 5.74) is 4.83. The van der Waals surface area contributed by atoms with E-state index in [-0.39, 0.29) is 6.61 Å². The molecule has 2 nitrogen and oxygen atoms in total. The molecule has 1 aliphatic heterocycles. The molecule has 0 unspecified atom stereocenters. The Hall–Kier alpha value is -1.58. The SMILES string of the molecule is OCCCN=C1c2ccccc2CSc2ccccc21. The van der Waals surface area contributed by atoms with Gasteiger partial charge in [0.05, 0.1) is 5.71 Å². The van der Waals surface area contributed by atoms with Crippen molar-refractivity contribution in [2.24, 2.45) is 4.99 Å². The molecule has 0 bridgehead atoms. The van der Waals surface area contributed by atoms with E-state index in [0.29, 0.717) is 13.0 Å². The Balaban J connectivity index is 2.11. The van der Waals surface area contributed by atoms with Gasteiger partial charge in [0.2, 0.25) is 0 Å². The van der Waals surface area contributed by atoms with E-state index in [0.717, 1.165) is 11.5 Å². The molecule has 0 saturated heterocycles. The van der Waals surface area contributed by atoms with Gasteiger partial charge in [-0.15, -0.1) is 11.8 Å². The molecule has 2 aromatic rings. The van der Waals surface area contributed by atoms with E-state index >= 15 is 0 Å². The van der Waals surface area contributed by atoms with Crippen molar-refractivity contribution in [3.63, 3.8) is 0 Å². The summed E-state index contributed by atoms with van der Waals surface area (Å²) in [6.07, 6.45) is 0.709. The fourth-order valence-electron chi connectivity index (χ4n) is 2.40. The second kappa shape index (κ2) is 6.25. The van der Waals surface area contributed by atoms with Crippen LogP contribution in [0.15, 0.2) is 58.4 Å². The van der Waals surface area contributed by atoms with Gasteiger partial charge >= 0.3 is 0 Å². The van der Waals surface area contributed by atoms with Gasteiger partial charge in [-0.05, 0) is 18.1 Å². The molecule has 3 rings (SSSR count). The van der Waals surface area contributed by atoms with Crippen molar-refractivity contribution in [1.82, 2.24) is 0 Å². The summed E-state index contributed by atoms with van der Waals surface area (Å²) in [4.78, 5) is 6.04. The molecule has 0 saturated carbocycles. The lowest BCUT2D eigenvalue weighted by molar-refractivity contribution is 0.291. The summed E-state index contributed by atoms with van der Waals surface area (Å²) in [5.74, 6) is 0.978. The van der Waals surface area contributed by atoms with E-state index in [1.54, 1.807) is 0 Å². The lowest BCUT2D eigenvalue weighted by Gasteiger charge is -2.10. The Morgan fingerprint density at radius 1 is 1.00 bits per heavy atom. The minimum Gasteiger partial charge on any atom is -0.396 e. The van der Waals surface area contributed by atoms with Crippen LogP contribution in [0.3, 0.4) is 0 Å². The zero-order valence-corrected chi connectivity index (χ0v) is 12.1. The minimum absolute atomic E-state index is 0.189. The zero-order chi connectivity index (χ0) is 13.8. The largest absolute Gasteiger partial charge is 0.396 e. The number of fused-ring (bicyclic) bond motifs is 2. The third-order valence-corrected chi connectivity index (χ3v) is 4.51. The van der Waals surface area contributed by atoms with Crippen LogP contribution in [0.2, 0.25) is 0 Å². The van der Waals surface area contributed by atoms with Crippen molar-refractivity contribution in [2.75, 3.05) is 13.2 Å². The predicted octanol–water partition coefficient (Wildman–Crippen LogP) is 3.51. The Morgan fingerprint density at radius 3 is 2.60 bits per heavy atom. The molecule has 0 amide bonds. The first-order chi connectivity index (χ1) is 9.90. The van der Waals surface area contributed by atoms with Crippen molar-refractivity contribution in [3.8, 4) is 0 Å². The minimum atomic E-state index is 0.189. The quantitative estimate of drug-likeness (QED) is 0.874. The molecule has 3 heteroatoms. The number of rotatable bonds is 3. The maximum absolute atomic E-state index is 8.97. The van der Waals surface area contributed by atoms with Crippen LogP contribution in [0.25, 0.3) is 0 Å². The molecule has 0 spiro atoms. The third kappa shape index (κ3) is 2.65. The van der Waals surface area contributed by atoms with Gasteiger partial charge in [-0.3, -0.25) is 4.99 Å². The number of hydrogen-bond acceptors (Lipinski definition) is 3. The second-order valence-electron chi connectivity index (χ2n) is 4.75. The van der Waals surface area contributed by atoms with E-state index in [1.165, 1.54) is 21.6 Å². The lowest BCUT2D eigenvalue weighted by Crippen LogP contribution is -2.07. The molecule has 0 fully saturated rings. The Kier molecular flexibility index (Phi) is 4.19. The van der Waals surface area contributed by atoms with Gasteiger partial charge in [0.25, 0.3) is 0 Å². The number of aliphatic hydroxyl groups excluding tert-OH is 1. The molecular formula is C17H17NOS. The van der Waals surface area contributed by atoms with Gasteiger partial charge in [-0.25, -0.2) is 0 Å². The van der Waals surface area contributed by atoms with E-state index < -0.39 is 0 Å². The summed E-state index contributed by atoms with van der Waals surface area (Å²) < 4.78 is 0. The Labute approximate surface area is 123 Å². The molecule has 1 N–H and O–H groups in total. The Morgan fingerprint density at radius 2 is 1.75 bits per heavy atom. The maximum Gasteiger partial charge on any atom is 0.0733 e. The Bertz CT molecular complexity index is 587. The predicted molar refractivity (Wildman–Crippen MR) is 84.7 cm³/mol. The van der Waals surface area contributed by atoms with Crippen LogP contribution >= 0.6 is 11.8 Å². The van der Waals surface area contributed by atoms with Crippen LogP contribution in [0, 0.1) is 0 Å². The fraction of sp³-hybridized carbons (Fsp3) is 0.235. The van der Waals surface area contributed by atoms with Gasteiger partial charge in [-0.2, -0.15) is 0 Å². The van der Waals surface area contributed by atoms with Crippen LogP contribution in [0.4, 0.5) is 0 Å². The van der Waals surface area contributed by atoms with Crippen LogP contribution in [-0.4, -0.2) is 24.0 Å². The molecule has 102 valence electrons. The van der Waals surface area contributed by atoms with Crippen molar-refractivity contribution in [2.45, 2.75) is 17.1 Å². The number of aliphatic imine (C=N–C) groups is 1. The molecule has 0 aromatic heterocycles. The summed E-state index contributed by atoms with van der Waals surface area (Å²) in [7, 11) is 0. The number of benzene rings is 2. The molecule has 1 heterocycles. The fourth-order valence-corrected chi connectivity index (χ4v) is 3.46. The summed E-state index contributed by atoms with van der Waals surface area (Å²) >= 11 is 1.86. The number of thioether (sulfide) groups is 1. The van der Waals surface area contributed by atoms with Crippen molar-refractivity contribution >= 4 is 17.5 Å². The van der Waals surface area contributed by atoms with Gasteiger partial charge < -0.3 is 5.11 Å². The summed E-state index contributed by atoms with van der Waals surface area (Å²) in [6.45, 7) is 0.855. The number of aliphatic hydroxyl groups is 1. The molecule has 20 heavy (non-hydrogen) atoms. The van der Waals surface area contributed by atoms with Gasteiger partial charge in [0, 0.05) is 34.9 Å². The first-order valence-electron chi connectivity index (χ1n) is 6.86. The van der Waals surface area contributed by atoms with Crippen molar-refractivity contribution < 1.29 is 5.11 Å². The number of nitrogens with zero attached hydrogens (tertiary/aromatic N) is 1. The van der Waals surface area contributed by atoms with Crippen molar-refractivity contribution in [3.05, 3.63) is 65.2 Å². The smallest absolute Gasteiger partial charge is 0.0733 e. The number of hydrogen-bond donors (Lipinski definition) is 1. The molecular weight excluding hydrogens is 266 g/mol. The van der Waals surface area contributed by atoms with E-state index in [9.17, 15) is 0 Å². The maximum atomic E-state index is 8.97. The highest BCUT2D eigenvalue weighted by Crippen LogP contribution is 2.33. The van der Waals surface area contributed by atoms with E-state index in [2.05, 4.69) is 48.5 Å². The van der Waals surface area contributed by atoms with Gasteiger partial charge in [-0.1, -0.05) is 42.5 Å². The van der Waals surface area contributed by atoms with E-state index in [1.807, 2.05) is 11.8 Å². The molecule has 2 aromatic carbocycles. The van der Waals surface area contributed by atoms with Gasteiger partial charge in [0.15, 0.2) is 0 Å². The van der Waals surface area contributed by atoms with Gasteiger partial charge in [0.1, 0.15) is 0 Å². The highest BCUT2D eigenvalue weighted by Gasteiger charge is 2.18. The summed E-state index contributed by atoms with van der Waals surface area (Å²) in [5, 5.41) is 8.97. The average Bonchev–Trinajstić information content (AvgIpc) is 2.66. The summed E-state index contributed by atoms with van der Waals surface area (Å²) in [6, 6.07) is 16.9. The molecule has 1 aliphatic rings. The van der Waals surface area contributed by atoms with Crippen LogP contribution in [-0.2, 0) is 5.75 Å².